The number of anilines is 1. The standard InChI is InChI=1S/C29H38F2N5O7P/c1-5-39-24-22-23(34-27(32)35-24)36(17-33-22)26-28(4,30)19(3)29(31,42-26)16-40-44(38,43-21-13-7-6-8-14-21)15-18(2)25(37)41-20-11-9-10-12-20/h6-8,13-14,17-20,26H,5,9-12,15-16H2,1-4H3,(H2,32,34,35)/t18-,19+,26-,28-,29-,44?/m1/s1. The van der Waals surface area contributed by atoms with Crippen molar-refractivity contribution in [2.75, 3.05) is 25.1 Å². The van der Waals surface area contributed by atoms with Gasteiger partial charge in [-0.25, -0.2) is 18.3 Å². The zero-order valence-electron chi connectivity index (χ0n) is 25.2. The number of hydrogen-bond donors (Lipinski definition) is 1. The van der Waals surface area contributed by atoms with Gasteiger partial charge < -0.3 is 24.5 Å². The van der Waals surface area contributed by atoms with Gasteiger partial charge in [0.25, 0.3) is 0 Å². The van der Waals surface area contributed by atoms with Crippen LogP contribution in [-0.4, -0.2) is 62.5 Å². The first-order valence-electron chi connectivity index (χ1n) is 14.7. The first kappa shape index (κ1) is 32.1. The van der Waals surface area contributed by atoms with Gasteiger partial charge in [0, 0.05) is 0 Å². The molecule has 0 radical (unpaired) electrons. The van der Waals surface area contributed by atoms with Crippen molar-refractivity contribution in [1.82, 2.24) is 19.5 Å². The molecule has 0 amide bonds. The number of benzene rings is 1. The third-order valence-electron chi connectivity index (χ3n) is 8.15. The number of alkyl halides is 2. The highest BCUT2D eigenvalue weighted by Crippen LogP contribution is 2.56. The fourth-order valence-corrected chi connectivity index (χ4v) is 7.35. The Balaban J connectivity index is 1.38. The summed E-state index contributed by atoms with van der Waals surface area (Å²) < 4.78 is 76.4. The van der Waals surface area contributed by atoms with E-state index < -0.39 is 55.9 Å². The zero-order chi connectivity index (χ0) is 31.7. The molecule has 1 aromatic carbocycles. The molecule has 1 aliphatic carbocycles. The van der Waals surface area contributed by atoms with Crippen LogP contribution in [-0.2, 0) is 23.4 Å². The van der Waals surface area contributed by atoms with Gasteiger partial charge in [-0.3, -0.25) is 13.9 Å². The highest BCUT2D eigenvalue weighted by molar-refractivity contribution is 7.54. The number of nitrogen functional groups attached to an aromatic ring is 1. The molecule has 6 atom stereocenters. The fraction of sp³-hybridized carbons (Fsp3) is 0.586. The summed E-state index contributed by atoms with van der Waals surface area (Å²) in [4.78, 5) is 25.2. The topological polar surface area (TPSA) is 150 Å². The van der Waals surface area contributed by atoms with Crippen LogP contribution < -0.4 is 15.0 Å². The minimum absolute atomic E-state index is 0.0832. The lowest BCUT2D eigenvalue weighted by Crippen LogP contribution is -2.40. The van der Waals surface area contributed by atoms with Crippen molar-refractivity contribution in [3.05, 3.63) is 36.7 Å². The number of halogens is 2. The first-order chi connectivity index (χ1) is 20.8. The van der Waals surface area contributed by atoms with E-state index >= 15 is 8.78 Å². The molecule has 2 fully saturated rings. The van der Waals surface area contributed by atoms with Crippen molar-refractivity contribution in [1.29, 1.82) is 0 Å². The molecule has 5 rings (SSSR count). The summed E-state index contributed by atoms with van der Waals surface area (Å²) >= 11 is 0. The fourth-order valence-electron chi connectivity index (χ4n) is 5.48. The quantitative estimate of drug-likeness (QED) is 0.190. The molecule has 3 aromatic rings. The molecular weight excluding hydrogens is 599 g/mol. The van der Waals surface area contributed by atoms with Crippen molar-refractivity contribution in [3.8, 4) is 11.6 Å². The second kappa shape index (κ2) is 12.6. The highest BCUT2D eigenvalue weighted by atomic mass is 31.2. The number of para-hydroxylation sites is 1. The summed E-state index contributed by atoms with van der Waals surface area (Å²) in [5.74, 6) is -5.48. The van der Waals surface area contributed by atoms with Crippen LogP contribution in [0.25, 0.3) is 11.2 Å². The van der Waals surface area contributed by atoms with Crippen LogP contribution in [0.2, 0.25) is 0 Å². The number of imidazole rings is 1. The molecule has 12 nitrogen and oxygen atoms in total. The third kappa shape index (κ3) is 6.52. The summed E-state index contributed by atoms with van der Waals surface area (Å²) in [6.45, 7) is 5.12. The predicted octanol–water partition coefficient (Wildman–Crippen LogP) is 5.78. The maximum Gasteiger partial charge on any atom is 0.380 e. The number of nitrogens with two attached hydrogens (primary N) is 1. The Kier molecular flexibility index (Phi) is 9.16. The van der Waals surface area contributed by atoms with Gasteiger partial charge in [0.05, 0.1) is 30.9 Å². The van der Waals surface area contributed by atoms with Gasteiger partial charge in [0.2, 0.25) is 17.7 Å². The van der Waals surface area contributed by atoms with Crippen molar-refractivity contribution in [2.45, 2.75) is 77.2 Å². The predicted molar refractivity (Wildman–Crippen MR) is 157 cm³/mol. The van der Waals surface area contributed by atoms with Crippen LogP contribution in [0.1, 0.15) is 59.6 Å². The van der Waals surface area contributed by atoms with Crippen LogP contribution >= 0.6 is 7.60 Å². The Morgan fingerprint density at radius 2 is 1.93 bits per heavy atom. The van der Waals surface area contributed by atoms with Crippen molar-refractivity contribution < 1.29 is 41.4 Å². The van der Waals surface area contributed by atoms with E-state index in [1.165, 1.54) is 24.7 Å². The Bertz CT molecular complexity index is 1520. The zero-order valence-corrected chi connectivity index (χ0v) is 26.0. The Morgan fingerprint density at radius 1 is 1.23 bits per heavy atom. The van der Waals surface area contributed by atoms with E-state index in [1.54, 1.807) is 44.2 Å². The third-order valence-corrected chi connectivity index (χ3v) is 10.2. The molecule has 2 N–H and O–H groups in total. The second-order valence-electron chi connectivity index (χ2n) is 11.5. The average Bonchev–Trinajstić information content (AvgIpc) is 3.68. The number of ether oxygens (including phenoxy) is 3. The van der Waals surface area contributed by atoms with E-state index in [0.29, 0.717) is 0 Å². The molecule has 44 heavy (non-hydrogen) atoms. The normalized spacial score (nSPS) is 27.7. The molecule has 0 bridgehead atoms. The lowest BCUT2D eigenvalue weighted by molar-refractivity contribution is -0.188. The number of esters is 1. The van der Waals surface area contributed by atoms with E-state index in [-0.39, 0.29) is 41.5 Å². The van der Waals surface area contributed by atoms with Gasteiger partial charge in [0.15, 0.2) is 23.1 Å². The molecule has 0 spiro atoms. The maximum absolute atomic E-state index is 16.6. The van der Waals surface area contributed by atoms with E-state index in [1.807, 2.05) is 0 Å². The molecule has 2 aromatic heterocycles. The maximum atomic E-state index is 16.6. The number of rotatable bonds is 12. The molecule has 3 heterocycles. The molecule has 15 heteroatoms. The Morgan fingerprint density at radius 3 is 2.61 bits per heavy atom. The van der Waals surface area contributed by atoms with Crippen LogP contribution in [0.5, 0.6) is 11.6 Å². The van der Waals surface area contributed by atoms with Crippen LogP contribution in [0.15, 0.2) is 36.7 Å². The monoisotopic (exact) mass is 637 g/mol. The minimum atomic E-state index is -4.22. The van der Waals surface area contributed by atoms with Gasteiger partial charge in [0.1, 0.15) is 18.5 Å². The van der Waals surface area contributed by atoms with E-state index in [9.17, 15) is 9.36 Å². The van der Waals surface area contributed by atoms with Crippen LogP contribution in [0.3, 0.4) is 0 Å². The van der Waals surface area contributed by atoms with Crippen LogP contribution in [0, 0.1) is 11.8 Å². The number of aromatic nitrogens is 4. The minimum Gasteiger partial charge on any atom is -0.476 e. The number of carbonyl (C=O) groups is 1. The van der Waals surface area contributed by atoms with E-state index in [0.717, 1.165) is 25.7 Å². The number of nitrogens with zero attached hydrogens (tertiary/aromatic N) is 4. The van der Waals surface area contributed by atoms with Gasteiger partial charge in [-0.15, -0.1) is 0 Å². The summed E-state index contributed by atoms with van der Waals surface area (Å²) in [5, 5.41) is 0. The molecule has 2 aliphatic rings. The van der Waals surface area contributed by atoms with Crippen LogP contribution in [0.4, 0.5) is 14.7 Å². The summed E-state index contributed by atoms with van der Waals surface area (Å²) in [6, 6.07) is 8.18. The molecule has 1 saturated heterocycles. The second-order valence-corrected chi connectivity index (χ2v) is 13.5. The molecular formula is C29H38F2N5O7P. The van der Waals surface area contributed by atoms with E-state index in [2.05, 4.69) is 15.0 Å². The van der Waals surface area contributed by atoms with Gasteiger partial charge in [-0.2, -0.15) is 9.97 Å². The Hall–Kier alpha value is -3.35. The van der Waals surface area contributed by atoms with Crippen molar-refractivity contribution in [3.63, 3.8) is 0 Å². The summed E-state index contributed by atoms with van der Waals surface area (Å²) in [7, 11) is -4.22. The Labute approximate surface area is 254 Å². The molecule has 240 valence electrons. The largest absolute Gasteiger partial charge is 0.476 e. The number of fused-ring (bicyclic) bond motifs is 1. The summed E-state index contributed by atoms with van der Waals surface area (Å²) in [5.41, 5.74) is 3.80. The highest BCUT2D eigenvalue weighted by Gasteiger charge is 2.63. The summed E-state index contributed by atoms with van der Waals surface area (Å²) in [6.07, 6.45) is 2.58. The SMILES string of the molecule is CCOc1nc(N)nc2c1ncn2[C@@H]1O[C@](F)(COP(=O)(C[C@@H](C)C(=O)OC2CCCC2)Oc2ccccc2)[C@@H](C)[C@@]1(C)F. The number of carbonyl (C=O) groups excluding carboxylic acids is 1. The van der Waals surface area contributed by atoms with Crippen molar-refractivity contribution >= 4 is 30.7 Å². The van der Waals surface area contributed by atoms with Gasteiger partial charge in [-0.05, 0) is 51.7 Å². The lowest BCUT2D eigenvalue weighted by atomic mass is 9.88. The molecule has 1 unspecified atom stereocenters. The molecule has 1 aliphatic heterocycles. The first-order valence-corrected chi connectivity index (χ1v) is 16.4. The number of hydrogen-bond acceptors (Lipinski definition) is 11. The van der Waals surface area contributed by atoms with Gasteiger partial charge in [-0.1, -0.05) is 32.0 Å². The van der Waals surface area contributed by atoms with Crippen molar-refractivity contribution in [2.24, 2.45) is 11.8 Å². The smallest absolute Gasteiger partial charge is 0.380 e. The average molecular weight is 638 g/mol. The molecule has 1 saturated carbocycles. The van der Waals surface area contributed by atoms with E-state index in [4.69, 9.17) is 29.0 Å². The lowest BCUT2D eigenvalue weighted by Gasteiger charge is -2.29. The van der Waals surface area contributed by atoms with Gasteiger partial charge >= 0.3 is 13.6 Å².